The van der Waals surface area contributed by atoms with Crippen molar-refractivity contribution in [1.29, 1.82) is 0 Å². The summed E-state index contributed by atoms with van der Waals surface area (Å²) >= 11 is 0. The summed E-state index contributed by atoms with van der Waals surface area (Å²) in [6.07, 6.45) is 3.94. The van der Waals surface area contributed by atoms with E-state index in [-0.39, 0.29) is 23.6 Å². The third-order valence-corrected chi connectivity index (χ3v) is 5.79. The number of hydrogen-bond donors (Lipinski definition) is 2. The summed E-state index contributed by atoms with van der Waals surface area (Å²) < 4.78 is 5.52. The van der Waals surface area contributed by atoms with Gasteiger partial charge in [-0.15, -0.1) is 0 Å². The van der Waals surface area contributed by atoms with E-state index in [4.69, 9.17) is 4.74 Å². The monoisotopic (exact) mass is 428 g/mol. The SMILES string of the molecule is O=C1C(=O)N(Cc2ccncc2)C(c2cccc(O)c2)/C1=C(/O)c1ccc2c(c1)CCO2. The van der Waals surface area contributed by atoms with Crippen LogP contribution in [0.2, 0.25) is 0 Å². The first-order valence-electron chi connectivity index (χ1n) is 10.3. The molecule has 160 valence electrons. The van der Waals surface area contributed by atoms with Crippen molar-refractivity contribution in [1.82, 2.24) is 9.88 Å². The van der Waals surface area contributed by atoms with Crippen LogP contribution in [-0.2, 0) is 22.6 Å². The predicted molar refractivity (Wildman–Crippen MR) is 116 cm³/mol. The van der Waals surface area contributed by atoms with E-state index >= 15 is 0 Å². The number of ether oxygens (including phenoxy) is 1. The summed E-state index contributed by atoms with van der Waals surface area (Å²) in [7, 11) is 0. The zero-order valence-electron chi connectivity index (χ0n) is 17.1. The van der Waals surface area contributed by atoms with Crippen LogP contribution in [0.5, 0.6) is 11.5 Å². The number of pyridine rings is 1. The molecule has 1 fully saturated rings. The zero-order valence-corrected chi connectivity index (χ0v) is 17.1. The van der Waals surface area contributed by atoms with Gasteiger partial charge in [-0.2, -0.15) is 0 Å². The van der Waals surface area contributed by atoms with E-state index in [9.17, 15) is 19.8 Å². The van der Waals surface area contributed by atoms with Crippen LogP contribution in [0.1, 0.15) is 28.3 Å². The first-order chi connectivity index (χ1) is 15.5. The normalized spacial score (nSPS) is 19.1. The van der Waals surface area contributed by atoms with Gasteiger partial charge in [0.15, 0.2) is 0 Å². The van der Waals surface area contributed by atoms with E-state index in [1.54, 1.807) is 54.9 Å². The number of nitrogens with zero attached hydrogens (tertiary/aromatic N) is 2. The summed E-state index contributed by atoms with van der Waals surface area (Å²) in [6, 6.07) is 14.3. The molecule has 0 bridgehead atoms. The number of aliphatic hydroxyl groups excluding tert-OH is 1. The number of carbonyl (C=O) groups excluding carboxylic acids is 2. The van der Waals surface area contributed by atoms with Crippen LogP contribution in [0.4, 0.5) is 0 Å². The molecule has 0 aliphatic carbocycles. The number of phenolic OH excluding ortho intramolecular Hbond substituents is 1. The summed E-state index contributed by atoms with van der Waals surface area (Å²) in [5, 5.41) is 21.2. The van der Waals surface area contributed by atoms with Crippen LogP contribution >= 0.6 is 0 Å². The maximum atomic E-state index is 13.1. The Bertz CT molecular complexity index is 1250. The Kier molecular flexibility index (Phi) is 4.86. The van der Waals surface area contributed by atoms with Gasteiger partial charge in [0.05, 0.1) is 18.2 Å². The summed E-state index contributed by atoms with van der Waals surface area (Å²) in [5.74, 6) is -0.956. The van der Waals surface area contributed by atoms with Crippen molar-refractivity contribution in [2.75, 3.05) is 6.61 Å². The lowest BCUT2D eigenvalue weighted by molar-refractivity contribution is -0.140. The molecule has 3 aromatic rings. The number of hydrogen-bond acceptors (Lipinski definition) is 6. The maximum Gasteiger partial charge on any atom is 0.295 e. The minimum atomic E-state index is -0.847. The van der Waals surface area contributed by atoms with Gasteiger partial charge in [0.2, 0.25) is 0 Å². The number of carbonyl (C=O) groups is 2. The minimum absolute atomic E-state index is 0.00600. The highest BCUT2D eigenvalue weighted by atomic mass is 16.5. The van der Waals surface area contributed by atoms with Crippen LogP contribution in [0.15, 0.2) is 72.6 Å². The second-order valence-electron chi connectivity index (χ2n) is 7.80. The Morgan fingerprint density at radius 1 is 1.09 bits per heavy atom. The van der Waals surface area contributed by atoms with Gasteiger partial charge >= 0.3 is 0 Å². The van der Waals surface area contributed by atoms with Crippen LogP contribution in [-0.4, -0.2) is 38.4 Å². The van der Waals surface area contributed by atoms with Crippen LogP contribution < -0.4 is 4.74 Å². The third-order valence-electron chi connectivity index (χ3n) is 5.79. The Hall–Kier alpha value is -4.13. The zero-order chi connectivity index (χ0) is 22.2. The number of likely N-dealkylation sites (tertiary alicyclic amines) is 1. The standard InChI is InChI=1S/C25H20N2O5/c28-19-3-1-2-17(13-19)22-21(23(29)18-4-5-20-16(12-18)8-11-32-20)24(30)25(31)27(22)14-15-6-9-26-10-7-15/h1-7,9-10,12-13,22,28-29H,8,11,14H2/b23-21-. The lowest BCUT2D eigenvalue weighted by atomic mass is 9.94. The minimum Gasteiger partial charge on any atom is -0.508 e. The number of benzene rings is 2. The summed E-state index contributed by atoms with van der Waals surface area (Å²) in [4.78, 5) is 31.6. The maximum absolute atomic E-state index is 13.1. The number of rotatable bonds is 4. The lowest BCUT2D eigenvalue weighted by Gasteiger charge is -2.25. The average Bonchev–Trinajstić information content (AvgIpc) is 3.37. The second kappa shape index (κ2) is 7.85. The fourth-order valence-corrected chi connectivity index (χ4v) is 4.26. The molecule has 1 amide bonds. The molecule has 1 aromatic heterocycles. The first-order valence-corrected chi connectivity index (χ1v) is 10.3. The van der Waals surface area contributed by atoms with Crippen molar-refractivity contribution in [3.8, 4) is 11.5 Å². The van der Waals surface area contributed by atoms with Crippen LogP contribution in [0, 0.1) is 0 Å². The van der Waals surface area contributed by atoms with Crippen molar-refractivity contribution < 1.29 is 24.5 Å². The van der Waals surface area contributed by atoms with E-state index in [0.29, 0.717) is 24.2 Å². The molecule has 7 heteroatoms. The molecule has 2 N–H and O–H groups in total. The second-order valence-corrected chi connectivity index (χ2v) is 7.80. The lowest BCUT2D eigenvalue weighted by Crippen LogP contribution is -2.29. The van der Waals surface area contributed by atoms with Gasteiger partial charge in [0.1, 0.15) is 17.3 Å². The van der Waals surface area contributed by atoms with E-state index in [1.807, 2.05) is 0 Å². The largest absolute Gasteiger partial charge is 0.508 e. The van der Waals surface area contributed by atoms with Crippen molar-refractivity contribution in [3.05, 3.63) is 94.8 Å². The number of phenols is 1. The number of amides is 1. The number of aromatic hydroxyl groups is 1. The van der Waals surface area contributed by atoms with Gasteiger partial charge in [-0.25, -0.2) is 0 Å². The van der Waals surface area contributed by atoms with Crippen LogP contribution in [0.25, 0.3) is 5.76 Å². The Morgan fingerprint density at radius 3 is 2.69 bits per heavy atom. The fraction of sp³-hybridized carbons (Fsp3) is 0.160. The molecule has 1 atom stereocenters. The van der Waals surface area contributed by atoms with E-state index in [1.165, 1.54) is 17.0 Å². The summed E-state index contributed by atoms with van der Waals surface area (Å²) in [6.45, 7) is 0.724. The number of Topliss-reactive ketones (excluding diaryl/α,β-unsaturated/α-hetero) is 1. The Balaban J connectivity index is 1.65. The highest BCUT2D eigenvalue weighted by Gasteiger charge is 2.46. The highest BCUT2D eigenvalue weighted by molar-refractivity contribution is 6.46. The molecule has 32 heavy (non-hydrogen) atoms. The van der Waals surface area contributed by atoms with Crippen molar-refractivity contribution >= 4 is 17.4 Å². The fourth-order valence-electron chi connectivity index (χ4n) is 4.26. The summed E-state index contributed by atoms with van der Waals surface area (Å²) in [5.41, 5.74) is 2.70. The van der Waals surface area contributed by atoms with Gasteiger partial charge in [0.25, 0.3) is 11.7 Å². The Morgan fingerprint density at radius 2 is 1.91 bits per heavy atom. The average molecular weight is 428 g/mol. The van der Waals surface area contributed by atoms with E-state index in [0.717, 1.165) is 16.9 Å². The predicted octanol–water partition coefficient (Wildman–Crippen LogP) is 3.34. The van der Waals surface area contributed by atoms with E-state index in [2.05, 4.69) is 4.98 Å². The molecule has 0 spiro atoms. The molecule has 2 aliphatic heterocycles. The Labute approximate surface area is 184 Å². The number of fused-ring (bicyclic) bond motifs is 1. The molecule has 1 unspecified atom stereocenters. The molecular formula is C25H20N2O5. The molecule has 1 saturated heterocycles. The topological polar surface area (TPSA) is 100.0 Å². The van der Waals surface area contributed by atoms with Gasteiger partial charge in [-0.3, -0.25) is 14.6 Å². The molecule has 0 radical (unpaired) electrons. The van der Waals surface area contributed by atoms with Crippen molar-refractivity contribution in [2.24, 2.45) is 0 Å². The van der Waals surface area contributed by atoms with Crippen LogP contribution in [0.3, 0.4) is 0 Å². The quantitative estimate of drug-likeness (QED) is 0.376. The molecule has 0 saturated carbocycles. The number of ketones is 1. The van der Waals surface area contributed by atoms with Gasteiger partial charge in [-0.1, -0.05) is 12.1 Å². The van der Waals surface area contributed by atoms with E-state index < -0.39 is 17.7 Å². The third kappa shape index (κ3) is 3.37. The number of aromatic nitrogens is 1. The van der Waals surface area contributed by atoms with Crippen molar-refractivity contribution in [2.45, 2.75) is 19.0 Å². The highest BCUT2D eigenvalue weighted by Crippen LogP contribution is 2.41. The van der Waals surface area contributed by atoms with Crippen molar-refractivity contribution in [3.63, 3.8) is 0 Å². The first kappa shape index (κ1) is 19.8. The van der Waals surface area contributed by atoms with Gasteiger partial charge < -0.3 is 19.8 Å². The molecular weight excluding hydrogens is 408 g/mol. The molecule has 2 aromatic carbocycles. The molecule has 2 aliphatic rings. The van der Waals surface area contributed by atoms with Gasteiger partial charge in [-0.05, 0) is 59.2 Å². The van der Waals surface area contributed by atoms with Gasteiger partial charge in [0, 0.05) is 30.9 Å². The number of aliphatic hydroxyl groups is 1. The molecule has 7 nitrogen and oxygen atoms in total. The smallest absolute Gasteiger partial charge is 0.295 e. The molecule has 3 heterocycles. The molecule has 5 rings (SSSR count).